The minimum Gasteiger partial charge on any atom is -0.393 e. The molecule has 1 aliphatic rings. The Morgan fingerprint density at radius 1 is 1.33 bits per heavy atom. The molecule has 1 saturated heterocycles. The van der Waals surface area contributed by atoms with Gasteiger partial charge in [-0.3, -0.25) is 0 Å². The van der Waals surface area contributed by atoms with Crippen molar-refractivity contribution in [2.75, 3.05) is 18.4 Å². The summed E-state index contributed by atoms with van der Waals surface area (Å²) in [5.74, 6) is 0. The normalized spacial score (nSPS) is 16.7. The van der Waals surface area contributed by atoms with Crippen LogP contribution in [-0.4, -0.2) is 35.2 Å². The van der Waals surface area contributed by atoms with E-state index >= 15 is 0 Å². The number of nitrogens with one attached hydrogen (secondary N) is 1. The summed E-state index contributed by atoms with van der Waals surface area (Å²) in [6.45, 7) is 1.09. The van der Waals surface area contributed by atoms with Gasteiger partial charge in [-0.25, -0.2) is 4.79 Å². The SMILES string of the molecule is O=C(Nc1cc(Cl)ccc1Cl)N1CCC(O)CC1. The summed E-state index contributed by atoms with van der Waals surface area (Å²) in [6, 6.07) is 4.70. The predicted octanol–water partition coefficient (Wildman–Crippen LogP) is 2.98. The number of urea groups is 1. The summed E-state index contributed by atoms with van der Waals surface area (Å²) in [4.78, 5) is 13.6. The fraction of sp³-hybridized carbons (Fsp3) is 0.417. The van der Waals surface area contributed by atoms with Crippen LogP contribution in [0.4, 0.5) is 10.5 Å². The number of piperidine rings is 1. The van der Waals surface area contributed by atoms with Crippen LogP contribution in [0.3, 0.4) is 0 Å². The van der Waals surface area contributed by atoms with E-state index in [0.717, 1.165) is 0 Å². The van der Waals surface area contributed by atoms with Gasteiger partial charge in [-0.05, 0) is 31.0 Å². The monoisotopic (exact) mass is 288 g/mol. The summed E-state index contributed by atoms with van der Waals surface area (Å²) >= 11 is 11.8. The molecule has 0 aromatic heterocycles. The predicted molar refractivity (Wildman–Crippen MR) is 72.3 cm³/mol. The first-order chi connectivity index (χ1) is 8.56. The fourth-order valence-electron chi connectivity index (χ4n) is 1.86. The van der Waals surface area contributed by atoms with Gasteiger partial charge < -0.3 is 15.3 Å². The topological polar surface area (TPSA) is 52.6 Å². The van der Waals surface area contributed by atoms with Crippen LogP contribution in [0.1, 0.15) is 12.8 Å². The van der Waals surface area contributed by atoms with Crippen molar-refractivity contribution < 1.29 is 9.90 Å². The van der Waals surface area contributed by atoms with Crippen molar-refractivity contribution in [1.29, 1.82) is 0 Å². The van der Waals surface area contributed by atoms with E-state index in [0.29, 0.717) is 41.7 Å². The van der Waals surface area contributed by atoms with Crippen molar-refractivity contribution in [3.8, 4) is 0 Å². The molecule has 0 unspecified atom stereocenters. The number of benzene rings is 1. The van der Waals surface area contributed by atoms with E-state index < -0.39 is 0 Å². The van der Waals surface area contributed by atoms with E-state index in [1.807, 2.05) is 0 Å². The van der Waals surface area contributed by atoms with Crippen LogP contribution in [0, 0.1) is 0 Å². The molecule has 1 aromatic rings. The van der Waals surface area contributed by atoms with Crippen LogP contribution in [0.2, 0.25) is 10.0 Å². The largest absolute Gasteiger partial charge is 0.393 e. The standard InChI is InChI=1S/C12H14Cl2N2O2/c13-8-1-2-10(14)11(7-8)15-12(18)16-5-3-9(17)4-6-16/h1-2,7,9,17H,3-6H2,(H,15,18). The third-order valence-corrected chi connectivity index (χ3v) is 3.49. The molecule has 0 spiro atoms. The lowest BCUT2D eigenvalue weighted by Crippen LogP contribution is -2.42. The summed E-state index contributed by atoms with van der Waals surface area (Å²) in [6.07, 6.45) is 0.914. The molecule has 0 bridgehead atoms. The molecule has 1 aliphatic heterocycles. The van der Waals surface area contributed by atoms with E-state index in [9.17, 15) is 9.90 Å². The molecule has 1 heterocycles. The molecule has 1 fully saturated rings. The quantitative estimate of drug-likeness (QED) is 0.835. The maximum absolute atomic E-state index is 12.0. The van der Waals surface area contributed by atoms with Gasteiger partial charge in [0.1, 0.15) is 0 Å². The Labute approximate surface area is 115 Å². The maximum Gasteiger partial charge on any atom is 0.321 e. The third-order valence-electron chi connectivity index (χ3n) is 2.92. The second-order valence-electron chi connectivity index (χ2n) is 4.27. The van der Waals surface area contributed by atoms with Gasteiger partial charge in [0.25, 0.3) is 0 Å². The lowest BCUT2D eigenvalue weighted by atomic mass is 10.1. The van der Waals surface area contributed by atoms with Gasteiger partial charge in [-0.15, -0.1) is 0 Å². The number of anilines is 1. The second kappa shape index (κ2) is 5.78. The van der Waals surface area contributed by atoms with E-state index in [2.05, 4.69) is 5.32 Å². The van der Waals surface area contributed by atoms with Gasteiger partial charge in [-0.1, -0.05) is 23.2 Å². The van der Waals surface area contributed by atoms with Gasteiger partial charge >= 0.3 is 6.03 Å². The maximum atomic E-state index is 12.0. The van der Waals surface area contributed by atoms with Crippen LogP contribution in [-0.2, 0) is 0 Å². The number of rotatable bonds is 1. The molecular formula is C12H14Cl2N2O2. The molecule has 6 heteroatoms. The van der Waals surface area contributed by atoms with Crippen molar-refractivity contribution in [2.45, 2.75) is 18.9 Å². The van der Waals surface area contributed by atoms with Crippen LogP contribution in [0.15, 0.2) is 18.2 Å². The summed E-state index contributed by atoms with van der Waals surface area (Å²) < 4.78 is 0. The average molecular weight is 289 g/mol. The zero-order chi connectivity index (χ0) is 13.1. The van der Waals surface area contributed by atoms with Gasteiger partial charge in [0.05, 0.1) is 16.8 Å². The molecule has 2 amide bonds. The smallest absolute Gasteiger partial charge is 0.321 e. The minimum atomic E-state index is -0.302. The number of halogens is 2. The van der Waals surface area contributed by atoms with Crippen molar-refractivity contribution in [1.82, 2.24) is 4.90 Å². The first kappa shape index (κ1) is 13.5. The van der Waals surface area contributed by atoms with Crippen LogP contribution in [0.25, 0.3) is 0 Å². The number of carbonyl (C=O) groups is 1. The average Bonchev–Trinajstić information content (AvgIpc) is 2.34. The lowest BCUT2D eigenvalue weighted by Gasteiger charge is -2.29. The number of aliphatic hydroxyl groups excluding tert-OH is 1. The van der Waals surface area contributed by atoms with Gasteiger partial charge in [-0.2, -0.15) is 0 Å². The lowest BCUT2D eigenvalue weighted by molar-refractivity contribution is 0.0972. The Hall–Kier alpha value is -0.970. The van der Waals surface area contributed by atoms with Crippen LogP contribution < -0.4 is 5.32 Å². The summed E-state index contributed by atoms with van der Waals surface area (Å²) in [7, 11) is 0. The molecule has 2 rings (SSSR count). The minimum absolute atomic E-state index is 0.217. The molecule has 0 radical (unpaired) electrons. The molecule has 0 aliphatic carbocycles. The Morgan fingerprint density at radius 3 is 2.67 bits per heavy atom. The van der Waals surface area contributed by atoms with Crippen molar-refractivity contribution in [2.24, 2.45) is 0 Å². The highest BCUT2D eigenvalue weighted by molar-refractivity contribution is 6.35. The summed E-state index contributed by atoms with van der Waals surface area (Å²) in [5, 5.41) is 13.1. The van der Waals surface area contributed by atoms with Crippen LogP contribution >= 0.6 is 23.2 Å². The Bertz CT molecular complexity index is 446. The number of aliphatic hydroxyl groups is 1. The highest BCUT2D eigenvalue weighted by Crippen LogP contribution is 2.26. The summed E-state index contributed by atoms with van der Waals surface area (Å²) in [5.41, 5.74) is 0.500. The first-order valence-electron chi connectivity index (χ1n) is 5.75. The second-order valence-corrected chi connectivity index (χ2v) is 5.12. The molecule has 1 aromatic carbocycles. The highest BCUT2D eigenvalue weighted by atomic mass is 35.5. The highest BCUT2D eigenvalue weighted by Gasteiger charge is 2.21. The molecule has 4 nitrogen and oxygen atoms in total. The van der Waals surface area contributed by atoms with E-state index in [1.165, 1.54) is 0 Å². The number of carbonyl (C=O) groups excluding carboxylic acids is 1. The van der Waals surface area contributed by atoms with Gasteiger partial charge in [0.15, 0.2) is 0 Å². The van der Waals surface area contributed by atoms with E-state index in [4.69, 9.17) is 23.2 Å². The number of nitrogens with zero attached hydrogens (tertiary/aromatic N) is 1. The molecule has 98 valence electrons. The Balaban J connectivity index is 2.00. The van der Waals surface area contributed by atoms with Gasteiger partial charge in [0.2, 0.25) is 0 Å². The number of likely N-dealkylation sites (tertiary alicyclic amines) is 1. The van der Waals surface area contributed by atoms with Crippen molar-refractivity contribution in [3.05, 3.63) is 28.2 Å². The zero-order valence-electron chi connectivity index (χ0n) is 9.70. The first-order valence-corrected chi connectivity index (χ1v) is 6.51. The Kier molecular flexibility index (Phi) is 4.32. The molecule has 0 atom stereocenters. The number of hydrogen-bond donors (Lipinski definition) is 2. The molecule has 2 N–H and O–H groups in total. The number of amides is 2. The third kappa shape index (κ3) is 3.28. The van der Waals surface area contributed by atoms with E-state index in [-0.39, 0.29) is 12.1 Å². The molecule has 0 saturated carbocycles. The van der Waals surface area contributed by atoms with E-state index in [1.54, 1.807) is 23.1 Å². The van der Waals surface area contributed by atoms with Gasteiger partial charge in [0, 0.05) is 18.1 Å². The van der Waals surface area contributed by atoms with Crippen LogP contribution in [0.5, 0.6) is 0 Å². The molecule has 18 heavy (non-hydrogen) atoms. The fourth-order valence-corrected chi connectivity index (χ4v) is 2.19. The van der Waals surface area contributed by atoms with Crippen molar-refractivity contribution in [3.63, 3.8) is 0 Å². The Morgan fingerprint density at radius 2 is 2.00 bits per heavy atom. The zero-order valence-corrected chi connectivity index (χ0v) is 11.2. The molecular weight excluding hydrogens is 275 g/mol. The van der Waals surface area contributed by atoms with Crippen molar-refractivity contribution >= 4 is 34.9 Å². The number of hydrogen-bond acceptors (Lipinski definition) is 2.